The van der Waals surface area contributed by atoms with Crippen molar-refractivity contribution >= 4 is 11.7 Å². The number of rotatable bonds is 6. The molecule has 160 valence electrons. The van der Waals surface area contributed by atoms with Crippen LogP contribution >= 0.6 is 0 Å². The molecule has 0 unspecified atom stereocenters. The number of anilines is 1. The first-order chi connectivity index (χ1) is 14.6. The van der Waals surface area contributed by atoms with Gasteiger partial charge >= 0.3 is 6.03 Å². The lowest BCUT2D eigenvalue weighted by atomic mass is 9.86. The largest absolute Gasteiger partial charge is 0.497 e. The van der Waals surface area contributed by atoms with Crippen LogP contribution in [0.4, 0.5) is 10.5 Å². The second-order valence-corrected chi connectivity index (χ2v) is 8.46. The Morgan fingerprint density at radius 3 is 2.87 bits per heavy atom. The number of hydrogen-bond acceptors (Lipinski definition) is 4. The molecule has 0 aliphatic carbocycles. The number of likely N-dealkylation sites (tertiary alicyclic amines) is 1. The molecule has 30 heavy (non-hydrogen) atoms. The summed E-state index contributed by atoms with van der Waals surface area (Å²) in [4.78, 5) is 15.2. The number of fused-ring (bicyclic) bond motifs is 3. The number of amides is 2. The third-order valence-electron chi connectivity index (χ3n) is 5.81. The molecule has 4 rings (SSSR count). The lowest BCUT2D eigenvalue weighted by Gasteiger charge is -2.34. The number of ether oxygens (including phenoxy) is 3. The summed E-state index contributed by atoms with van der Waals surface area (Å²) in [5.74, 6) is 2.50. The van der Waals surface area contributed by atoms with E-state index in [0.29, 0.717) is 31.4 Å². The molecule has 2 heterocycles. The van der Waals surface area contributed by atoms with Crippen molar-refractivity contribution in [2.75, 3.05) is 38.8 Å². The average Bonchev–Trinajstić information content (AvgIpc) is 3.13. The van der Waals surface area contributed by atoms with E-state index in [0.717, 1.165) is 23.6 Å². The predicted molar refractivity (Wildman–Crippen MR) is 116 cm³/mol. The Balaban J connectivity index is 1.56. The van der Waals surface area contributed by atoms with Crippen LogP contribution in [0.2, 0.25) is 0 Å². The second-order valence-electron chi connectivity index (χ2n) is 8.46. The first kappa shape index (κ1) is 20.5. The van der Waals surface area contributed by atoms with Crippen LogP contribution in [0.15, 0.2) is 48.5 Å². The standard InChI is InChI=1S/C24H30N2O4/c1-16(2)13-29-14-17-12-26(24(27)25-18-7-6-8-19(11-18)28-3)23-20-9-4-5-10-22(20)30-15-21(17)23/h4-11,16-17,21,23H,12-15H2,1-3H3,(H,25,27)/t17-,21-,23-/m0/s1. The number of nitrogens with zero attached hydrogens (tertiary/aromatic N) is 1. The van der Waals surface area contributed by atoms with Gasteiger partial charge in [-0.05, 0) is 24.1 Å². The monoisotopic (exact) mass is 410 g/mol. The van der Waals surface area contributed by atoms with Gasteiger partial charge in [-0.3, -0.25) is 0 Å². The lowest BCUT2D eigenvalue weighted by molar-refractivity contribution is 0.0562. The van der Waals surface area contributed by atoms with E-state index in [-0.39, 0.29) is 23.9 Å². The van der Waals surface area contributed by atoms with E-state index in [9.17, 15) is 4.79 Å². The fourth-order valence-electron chi connectivity index (χ4n) is 4.40. The number of carbonyl (C=O) groups excluding carboxylic acids is 1. The number of benzene rings is 2. The van der Waals surface area contributed by atoms with Gasteiger partial charge in [-0.2, -0.15) is 0 Å². The van der Waals surface area contributed by atoms with Crippen molar-refractivity contribution in [3.8, 4) is 11.5 Å². The lowest BCUT2D eigenvalue weighted by Crippen LogP contribution is -2.38. The summed E-state index contributed by atoms with van der Waals surface area (Å²) in [5.41, 5.74) is 1.79. The van der Waals surface area contributed by atoms with Gasteiger partial charge in [-0.25, -0.2) is 4.79 Å². The zero-order valence-electron chi connectivity index (χ0n) is 17.8. The van der Waals surface area contributed by atoms with Gasteiger partial charge in [0.05, 0.1) is 26.4 Å². The highest BCUT2D eigenvalue weighted by Crippen LogP contribution is 2.47. The van der Waals surface area contributed by atoms with Crippen LogP contribution in [-0.2, 0) is 4.74 Å². The Morgan fingerprint density at radius 1 is 1.23 bits per heavy atom. The third kappa shape index (κ3) is 4.24. The van der Waals surface area contributed by atoms with Gasteiger partial charge in [-0.1, -0.05) is 38.1 Å². The maximum absolute atomic E-state index is 13.3. The van der Waals surface area contributed by atoms with E-state index in [1.807, 2.05) is 47.4 Å². The van der Waals surface area contributed by atoms with E-state index < -0.39 is 0 Å². The Bertz CT molecular complexity index is 885. The fourth-order valence-corrected chi connectivity index (χ4v) is 4.40. The Hall–Kier alpha value is -2.73. The van der Waals surface area contributed by atoms with Gasteiger partial charge in [0.2, 0.25) is 0 Å². The van der Waals surface area contributed by atoms with Crippen molar-refractivity contribution in [3.05, 3.63) is 54.1 Å². The minimum Gasteiger partial charge on any atom is -0.497 e. The van der Waals surface area contributed by atoms with Crippen LogP contribution < -0.4 is 14.8 Å². The molecular weight excluding hydrogens is 380 g/mol. The summed E-state index contributed by atoms with van der Waals surface area (Å²) in [7, 11) is 1.62. The highest BCUT2D eigenvalue weighted by Gasteiger charge is 2.48. The third-order valence-corrected chi connectivity index (χ3v) is 5.81. The molecule has 2 aliphatic rings. The molecule has 1 fully saturated rings. The molecule has 2 aromatic rings. The van der Waals surface area contributed by atoms with Crippen molar-refractivity contribution in [1.82, 2.24) is 4.90 Å². The molecule has 0 radical (unpaired) electrons. The number of para-hydroxylation sites is 1. The van der Waals surface area contributed by atoms with Gasteiger partial charge in [0, 0.05) is 42.3 Å². The average molecular weight is 411 g/mol. The van der Waals surface area contributed by atoms with Gasteiger partial charge in [0.15, 0.2) is 0 Å². The number of methoxy groups -OCH3 is 1. The van der Waals surface area contributed by atoms with Crippen molar-refractivity contribution in [2.45, 2.75) is 19.9 Å². The molecule has 2 amide bonds. The van der Waals surface area contributed by atoms with Crippen LogP contribution in [0.25, 0.3) is 0 Å². The molecule has 0 bridgehead atoms. The molecule has 1 saturated heterocycles. The summed E-state index contributed by atoms with van der Waals surface area (Å²) >= 11 is 0. The number of carbonyl (C=O) groups is 1. The molecule has 3 atom stereocenters. The summed E-state index contributed by atoms with van der Waals surface area (Å²) in [6, 6.07) is 15.3. The summed E-state index contributed by atoms with van der Waals surface area (Å²) in [6.45, 7) is 6.88. The van der Waals surface area contributed by atoms with E-state index in [1.165, 1.54) is 0 Å². The van der Waals surface area contributed by atoms with Crippen LogP contribution in [0.3, 0.4) is 0 Å². The van der Waals surface area contributed by atoms with E-state index in [2.05, 4.69) is 25.2 Å². The van der Waals surface area contributed by atoms with E-state index in [1.54, 1.807) is 7.11 Å². The normalized spacial score (nSPS) is 22.3. The molecule has 0 saturated carbocycles. The molecule has 2 aromatic carbocycles. The molecular formula is C24H30N2O4. The van der Waals surface area contributed by atoms with Crippen molar-refractivity contribution in [2.24, 2.45) is 17.8 Å². The maximum Gasteiger partial charge on any atom is 0.322 e. The second kappa shape index (κ2) is 8.96. The topological polar surface area (TPSA) is 60.0 Å². The van der Waals surface area contributed by atoms with Crippen molar-refractivity contribution in [1.29, 1.82) is 0 Å². The quantitative estimate of drug-likeness (QED) is 0.757. The molecule has 1 N–H and O–H groups in total. The molecule has 0 spiro atoms. The SMILES string of the molecule is COc1cccc(NC(=O)N2C[C@@H](COCC(C)C)[C@@H]3COc4ccccc4[C@@H]32)c1. The summed E-state index contributed by atoms with van der Waals surface area (Å²) in [6.07, 6.45) is 0. The first-order valence-electron chi connectivity index (χ1n) is 10.6. The first-order valence-corrected chi connectivity index (χ1v) is 10.6. The van der Waals surface area contributed by atoms with Gasteiger partial charge < -0.3 is 24.4 Å². The van der Waals surface area contributed by atoms with Crippen LogP contribution in [0, 0.1) is 17.8 Å². The number of nitrogens with one attached hydrogen (secondary N) is 1. The highest BCUT2D eigenvalue weighted by atomic mass is 16.5. The molecule has 0 aromatic heterocycles. The Morgan fingerprint density at radius 2 is 2.07 bits per heavy atom. The zero-order valence-corrected chi connectivity index (χ0v) is 17.8. The summed E-state index contributed by atoms with van der Waals surface area (Å²) < 4.78 is 17.3. The van der Waals surface area contributed by atoms with Gasteiger partial charge in [0.25, 0.3) is 0 Å². The molecule has 2 aliphatic heterocycles. The minimum absolute atomic E-state index is 0.0202. The number of urea groups is 1. The van der Waals surface area contributed by atoms with Crippen LogP contribution in [0.1, 0.15) is 25.5 Å². The Kier molecular flexibility index (Phi) is 6.13. The zero-order chi connectivity index (χ0) is 21.1. The smallest absolute Gasteiger partial charge is 0.322 e. The summed E-state index contributed by atoms with van der Waals surface area (Å²) in [5, 5.41) is 3.04. The highest BCUT2D eigenvalue weighted by molar-refractivity contribution is 5.90. The van der Waals surface area contributed by atoms with Gasteiger partial charge in [-0.15, -0.1) is 0 Å². The minimum atomic E-state index is -0.110. The fraction of sp³-hybridized carbons (Fsp3) is 0.458. The van der Waals surface area contributed by atoms with E-state index in [4.69, 9.17) is 14.2 Å². The molecule has 6 heteroatoms. The van der Waals surface area contributed by atoms with Gasteiger partial charge in [0.1, 0.15) is 11.5 Å². The van der Waals surface area contributed by atoms with Crippen LogP contribution in [0.5, 0.6) is 11.5 Å². The predicted octanol–water partition coefficient (Wildman–Crippen LogP) is 4.58. The Labute approximate surface area is 178 Å². The molecule has 6 nitrogen and oxygen atoms in total. The maximum atomic E-state index is 13.3. The van der Waals surface area contributed by atoms with E-state index >= 15 is 0 Å². The van der Waals surface area contributed by atoms with Crippen molar-refractivity contribution in [3.63, 3.8) is 0 Å². The van der Waals surface area contributed by atoms with Crippen molar-refractivity contribution < 1.29 is 19.0 Å². The van der Waals surface area contributed by atoms with Crippen LogP contribution in [-0.4, -0.2) is 44.4 Å². The number of hydrogen-bond donors (Lipinski definition) is 1.